The van der Waals surface area contributed by atoms with Crippen molar-refractivity contribution in [3.05, 3.63) is 78.1 Å². The summed E-state index contributed by atoms with van der Waals surface area (Å²) < 4.78 is 22.4. The molecule has 0 fully saturated rings. The molecule has 0 bridgehead atoms. The fourth-order valence-corrected chi connectivity index (χ4v) is 3.99. The van der Waals surface area contributed by atoms with Gasteiger partial charge in [0.25, 0.3) is 0 Å². The van der Waals surface area contributed by atoms with E-state index in [1.54, 1.807) is 26.6 Å². The van der Waals surface area contributed by atoms with Gasteiger partial charge >= 0.3 is 0 Å². The van der Waals surface area contributed by atoms with Crippen molar-refractivity contribution in [1.82, 2.24) is 0 Å². The lowest BCUT2D eigenvalue weighted by atomic mass is 9.99. The highest BCUT2D eigenvalue weighted by Crippen LogP contribution is 2.38. The first kappa shape index (κ1) is 24.0. The number of anilines is 1. The molecule has 6 nitrogen and oxygen atoms in total. The van der Waals surface area contributed by atoms with Gasteiger partial charge in [-0.05, 0) is 67.8 Å². The molecule has 6 heteroatoms. The number of carbonyl (C=O) groups excluding carboxylic acids is 1. The van der Waals surface area contributed by atoms with Crippen LogP contribution >= 0.6 is 0 Å². The SMILES string of the molecule is CCOc1cc2occ(-c3ccc(OC)cc3)c2cc1/C(C)=C/C(=O)Nc1cc(C)ccc1OC. The average molecular weight is 472 g/mol. The molecule has 0 aliphatic rings. The van der Waals surface area contributed by atoms with Crippen molar-refractivity contribution in [2.75, 3.05) is 26.1 Å². The summed E-state index contributed by atoms with van der Waals surface area (Å²) in [5.41, 5.74) is 5.91. The van der Waals surface area contributed by atoms with Gasteiger partial charge in [0.2, 0.25) is 5.91 Å². The second-order valence-electron chi connectivity index (χ2n) is 8.18. The molecule has 1 amide bonds. The van der Waals surface area contributed by atoms with Crippen molar-refractivity contribution in [1.29, 1.82) is 0 Å². The minimum atomic E-state index is -0.253. The molecule has 0 spiro atoms. The maximum atomic E-state index is 12.9. The van der Waals surface area contributed by atoms with Gasteiger partial charge in [0.1, 0.15) is 22.8 Å². The molecule has 1 aromatic heterocycles. The summed E-state index contributed by atoms with van der Waals surface area (Å²) in [7, 11) is 3.22. The highest BCUT2D eigenvalue weighted by atomic mass is 16.5. The Bertz CT molecular complexity index is 1380. The van der Waals surface area contributed by atoms with Crippen molar-refractivity contribution >= 4 is 28.1 Å². The molecule has 35 heavy (non-hydrogen) atoms. The van der Waals surface area contributed by atoms with Gasteiger partial charge in [0, 0.05) is 28.7 Å². The number of carbonyl (C=O) groups is 1. The number of hydrogen-bond acceptors (Lipinski definition) is 5. The number of rotatable bonds is 8. The molecular weight excluding hydrogens is 442 g/mol. The Balaban J connectivity index is 1.71. The molecule has 1 heterocycles. The Hall–Kier alpha value is -4.19. The van der Waals surface area contributed by atoms with Crippen LogP contribution in [-0.2, 0) is 4.79 Å². The monoisotopic (exact) mass is 471 g/mol. The number of hydrogen-bond donors (Lipinski definition) is 1. The number of aryl methyl sites for hydroxylation is 1. The number of amides is 1. The van der Waals surface area contributed by atoms with Crippen LogP contribution in [0.5, 0.6) is 17.2 Å². The molecule has 0 radical (unpaired) electrons. The summed E-state index contributed by atoms with van der Waals surface area (Å²) in [4.78, 5) is 12.9. The molecule has 4 rings (SSSR count). The highest BCUT2D eigenvalue weighted by Gasteiger charge is 2.16. The predicted molar refractivity (Wildman–Crippen MR) is 139 cm³/mol. The first-order chi connectivity index (χ1) is 16.9. The van der Waals surface area contributed by atoms with Crippen molar-refractivity contribution in [2.24, 2.45) is 0 Å². The van der Waals surface area contributed by atoms with Gasteiger partial charge < -0.3 is 23.9 Å². The fourth-order valence-electron chi connectivity index (χ4n) is 3.99. The zero-order valence-electron chi connectivity index (χ0n) is 20.6. The molecular formula is C29H29NO5. The minimum absolute atomic E-state index is 0.253. The van der Waals surface area contributed by atoms with Crippen LogP contribution in [0, 0.1) is 6.92 Å². The smallest absolute Gasteiger partial charge is 0.248 e. The molecule has 0 saturated heterocycles. The summed E-state index contributed by atoms with van der Waals surface area (Å²) in [5, 5.41) is 3.86. The number of allylic oxidation sites excluding steroid dienone is 1. The first-order valence-electron chi connectivity index (χ1n) is 11.4. The van der Waals surface area contributed by atoms with Crippen molar-refractivity contribution in [2.45, 2.75) is 20.8 Å². The molecule has 0 aliphatic carbocycles. The largest absolute Gasteiger partial charge is 0.497 e. The Morgan fingerprint density at radius 2 is 1.77 bits per heavy atom. The third kappa shape index (κ3) is 5.17. The van der Waals surface area contributed by atoms with Crippen LogP contribution in [0.2, 0.25) is 0 Å². The number of nitrogens with one attached hydrogen (secondary N) is 1. The minimum Gasteiger partial charge on any atom is -0.497 e. The molecule has 1 N–H and O–H groups in total. The predicted octanol–water partition coefficient (Wildman–Crippen LogP) is 6.87. The number of furan rings is 1. The number of methoxy groups -OCH3 is 2. The number of benzene rings is 3. The Morgan fingerprint density at radius 1 is 1.00 bits per heavy atom. The maximum Gasteiger partial charge on any atom is 0.248 e. The molecule has 3 aromatic carbocycles. The second-order valence-corrected chi connectivity index (χ2v) is 8.18. The Labute approximate surface area is 205 Å². The van der Waals surface area contributed by atoms with E-state index in [4.69, 9.17) is 18.6 Å². The van der Waals surface area contributed by atoms with Gasteiger partial charge in [0.15, 0.2) is 0 Å². The van der Waals surface area contributed by atoms with Crippen LogP contribution < -0.4 is 19.5 Å². The van der Waals surface area contributed by atoms with Crippen LogP contribution in [0.3, 0.4) is 0 Å². The fraction of sp³-hybridized carbons (Fsp3) is 0.207. The van der Waals surface area contributed by atoms with Gasteiger partial charge in [-0.15, -0.1) is 0 Å². The summed E-state index contributed by atoms with van der Waals surface area (Å²) in [6.07, 6.45) is 3.31. The lowest BCUT2D eigenvalue weighted by Gasteiger charge is -2.13. The van der Waals surface area contributed by atoms with Gasteiger partial charge in [-0.3, -0.25) is 4.79 Å². The van der Waals surface area contributed by atoms with E-state index < -0.39 is 0 Å². The Morgan fingerprint density at radius 3 is 2.46 bits per heavy atom. The van der Waals surface area contributed by atoms with Crippen molar-refractivity contribution in [3.8, 4) is 28.4 Å². The normalized spacial score (nSPS) is 11.4. The van der Waals surface area contributed by atoms with Crippen LogP contribution in [0.1, 0.15) is 25.0 Å². The van der Waals surface area contributed by atoms with E-state index in [1.165, 1.54) is 0 Å². The molecule has 0 saturated carbocycles. The van der Waals surface area contributed by atoms with E-state index in [2.05, 4.69) is 5.32 Å². The molecule has 0 aliphatic heterocycles. The van der Waals surface area contributed by atoms with E-state index in [9.17, 15) is 4.79 Å². The molecule has 4 aromatic rings. The number of fused-ring (bicyclic) bond motifs is 1. The summed E-state index contributed by atoms with van der Waals surface area (Å²) in [6, 6.07) is 17.3. The van der Waals surface area contributed by atoms with Crippen LogP contribution in [-0.4, -0.2) is 26.7 Å². The molecule has 0 unspecified atom stereocenters. The first-order valence-corrected chi connectivity index (χ1v) is 11.4. The third-order valence-corrected chi connectivity index (χ3v) is 5.76. The summed E-state index contributed by atoms with van der Waals surface area (Å²) in [5.74, 6) is 1.80. The zero-order valence-corrected chi connectivity index (χ0v) is 20.6. The lowest BCUT2D eigenvalue weighted by Crippen LogP contribution is -2.10. The van der Waals surface area contributed by atoms with E-state index in [0.29, 0.717) is 29.4 Å². The van der Waals surface area contributed by atoms with Crippen molar-refractivity contribution in [3.63, 3.8) is 0 Å². The zero-order chi connectivity index (χ0) is 24.9. The van der Waals surface area contributed by atoms with Gasteiger partial charge in [-0.1, -0.05) is 18.2 Å². The lowest BCUT2D eigenvalue weighted by molar-refractivity contribution is -0.111. The van der Waals surface area contributed by atoms with E-state index in [1.807, 2.05) is 75.4 Å². The van der Waals surface area contributed by atoms with Gasteiger partial charge in [-0.2, -0.15) is 0 Å². The van der Waals surface area contributed by atoms with Crippen LogP contribution in [0.25, 0.3) is 27.7 Å². The van der Waals surface area contributed by atoms with Crippen molar-refractivity contribution < 1.29 is 23.4 Å². The quantitative estimate of drug-likeness (QED) is 0.284. The summed E-state index contributed by atoms with van der Waals surface area (Å²) in [6.45, 7) is 6.27. The highest BCUT2D eigenvalue weighted by molar-refractivity contribution is 6.06. The number of ether oxygens (including phenoxy) is 3. The maximum absolute atomic E-state index is 12.9. The van der Waals surface area contributed by atoms with Gasteiger partial charge in [0.05, 0.1) is 32.8 Å². The molecule has 180 valence electrons. The standard InChI is InChI=1S/C29H29NO5/c1-6-34-27-16-28-23(24(17-35-28)20-8-10-21(32-4)11-9-20)15-22(27)19(3)14-29(31)30-25-13-18(2)7-12-26(25)33-5/h7-17H,6H2,1-5H3,(H,30,31)/b19-14+. The topological polar surface area (TPSA) is 69.9 Å². The molecule has 0 atom stereocenters. The van der Waals surface area contributed by atoms with E-state index in [-0.39, 0.29) is 5.91 Å². The van der Waals surface area contributed by atoms with E-state index >= 15 is 0 Å². The third-order valence-electron chi connectivity index (χ3n) is 5.76. The van der Waals surface area contributed by atoms with Crippen LogP contribution in [0.15, 0.2) is 71.4 Å². The average Bonchev–Trinajstić information content (AvgIpc) is 3.26. The second kappa shape index (κ2) is 10.4. The van der Waals surface area contributed by atoms with Gasteiger partial charge in [-0.25, -0.2) is 0 Å². The summed E-state index contributed by atoms with van der Waals surface area (Å²) >= 11 is 0. The van der Waals surface area contributed by atoms with E-state index in [0.717, 1.165) is 39.0 Å². The van der Waals surface area contributed by atoms with Crippen LogP contribution in [0.4, 0.5) is 5.69 Å². The Kier molecular flexibility index (Phi) is 7.11.